The first-order valence-corrected chi connectivity index (χ1v) is 14.7. The van der Waals surface area contributed by atoms with Crippen LogP contribution >= 0.6 is 11.3 Å². The summed E-state index contributed by atoms with van der Waals surface area (Å²) < 4.78 is 76.8. The van der Waals surface area contributed by atoms with Crippen molar-refractivity contribution in [2.75, 3.05) is 26.3 Å². The van der Waals surface area contributed by atoms with Crippen molar-refractivity contribution in [2.24, 2.45) is 0 Å². The Bertz CT molecular complexity index is 1680. The van der Waals surface area contributed by atoms with E-state index in [9.17, 15) is 22.0 Å². The van der Waals surface area contributed by atoms with Crippen LogP contribution in [0.1, 0.15) is 38.7 Å². The number of hydrogen-bond acceptors (Lipinski definition) is 5. The quantitative estimate of drug-likeness (QED) is 0.191. The van der Waals surface area contributed by atoms with Gasteiger partial charge in [0.1, 0.15) is 11.6 Å². The molecule has 0 radical (unpaired) electrons. The van der Waals surface area contributed by atoms with Gasteiger partial charge in [-0.25, -0.2) is 4.39 Å². The van der Waals surface area contributed by atoms with Crippen molar-refractivity contribution < 1.29 is 26.7 Å². The molecule has 42 heavy (non-hydrogen) atoms. The number of aromatic nitrogens is 2. The maximum atomic E-state index is 14.4. The highest BCUT2D eigenvalue weighted by Crippen LogP contribution is 2.52. The molecule has 0 atom stereocenters. The summed E-state index contributed by atoms with van der Waals surface area (Å²) in [6.45, 7) is 4.36. The van der Waals surface area contributed by atoms with Crippen LogP contribution in [0.5, 0.6) is 5.75 Å². The Morgan fingerprint density at radius 1 is 1.10 bits per heavy atom. The van der Waals surface area contributed by atoms with E-state index in [-0.39, 0.29) is 17.8 Å². The zero-order chi connectivity index (χ0) is 29.6. The van der Waals surface area contributed by atoms with Gasteiger partial charge in [-0.15, -0.1) is 11.3 Å². The van der Waals surface area contributed by atoms with E-state index < -0.39 is 17.4 Å². The van der Waals surface area contributed by atoms with Gasteiger partial charge >= 0.3 is 6.18 Å². The molecular weight excluding hydrogens is 571 g/mol. The SMILES string of the molecule is CC(C)(c1cc(F)ccc1-c1sc2c(ccc3[nH]ncc32)c1OC1=CC=C(NC2CN(CCCF)C2)CC1)C(F)(F)F. The Morgan fingerprint density at radius 3 is 2.62 bits per heavy atom. The van der Waals surface area contributed by atoms with Gasteiger partial charge in [0.15, 0.2) is 5.75 Å². The largest absolute Gasteiger partial charge is 0.460 e. The van der Waals surface area contributed by atoms with E-state index in [0.717, 1.165) is 72.7 Å². The molecule has 1 fully saturated rings. The number of ether oxygens (including phenoxy) is 1. The number of rotatable bonds is 9. The average molecular weight is 603 g/mol. The zero-order valence-corrected chi connectivity index (χ0v) is 24.1. The number of likely N-dealkylation sites (tertiary alicyclic amines) is 1. The number of fused-ring (bicyclic) bond motifs is 3. The Morgan fingerprint density at radius 2 is 1.90 bits per heavy atom. The number of hydrogen-bond donors (Lipinski definition) is 2. The molecule has 1 saturated heterocycles. The lowest BCUT2D eigenvalue weighted by Gasteiger charge is -2.40. The van der Waals surface area contributed by atoms with Crippen molar-refractivity contribution in [2.45, 2.75) is 50.7 Å². The molecule has 6 rings (SSSR count). The lowest BCUT2D eigenvalue weighted by atomic mass is 9.80. The fourth-order valence-corrected chi connectivity index (χ4v) is 6.84. The van der Waals surface area contributed by atoms with Crippen LogP contribution in [0.15, 0.2) is 60.1 Å². The Hall–Kier alpha value is -3.44. The normalized spacial score (nSPS) is 16.9. The van der Waals surface area contributed by atoms with Crippen molar-refractivity contribution in [3.8, 4) is 16.2 Å². The van der Waals surface area contributed by atoms with E-state index in [0.29, 0.717) is 35.3 Å². The molecule has 2 aliphatic rings. The van der Waals surface area contributed by atoms with Crippen molar-refractivity contribution in [3.63, 3.8) is 0 Å². The fraction of sp³-hybridized carbons (Fsp3) is 0.387. The molecule has 0 unspecified atom stereocenters. The third-order valence-electron chi connectivity index (χ3n) is 8.14. The molecule has 11 heteroatoms. The van der Waals surface area contributed by atoms with E-state index >= 15 is 0 Å². The molecule has 0 saturated carbocycles. The van der Waals surface area contributed by atoms with Crippen LogP contribution in [0.4, 0.5) is 22.0 Å². The number of nitrogens with one attached hydrogen (secondary N) is 2. The maximum Gasteiger partial charge on any atom is 0.397 e. The smallest absolute Gasteiger partial charge is 0.397 e. The summed E-state index contributed by atoms with van der Waals surface area (Å²) in [5.74, 6) is 0.400. The molecule has 4 aromatic rings. The first kappa shape index (κ1) is 28.7. The number of allylic oxidation sites excluding steroid dienone is 4. The highest BCUT2D eigenvalue weighted by molar-refractivity contribution is 7.23. The maximum absolute atomic E-state index is 14.4. The number of benzene rings is 2. The number of halogens is 5. The van der Waals surface area contributed by atoms with Crippen molar-refractivity contribution in [1.29, 1.82) is 0 Å². The summed E-state index contributed by atoms with van der Waals surface area (Å²) in [5, 5.41) is 12.2. The van der Waals surface area contributed by atoms with Crippen LogP contribution in [0.25, 0.3) is 31.4 Å². The average Bonchev–Trinajstić information content (AvgIpc) is 3.55. The Kier molecular flexibility index (Phi) is 7.51. The van der Waals surface area contributed by atoms with Crippen LogP contribution in [0.2, 0.25) is 0 Å². The topological polar surface area (TPSA) is 53.2 Å². The second kappa shape index (κ2) is 11.0. The van der Waals surface area contributed by atoms with Gasteiger partial charge in [0, 0.05) is 47.2 Å². The number of nitrogens with zero attached hydrogens (tertiary/aromatic N) is 2. The van der Waals surface area contributed by atoms with Gasteiger partial charge in [-0.2, -0.15) is 18.3 Å². The Balaban J connectivity index is 1.36. The molecule has 0 amide bonds. The minimum absolute atomic E-state index is 0.153. The van der Waals surface area contributed by atoms with Crippen LogP contribution in [0.3, 0.4) is 0 Å². The van der Waals surface area contributed by atoms with Gasteiger partial charge in [-0.1, -0.05) is 6.07 Å². The van der Waals surface area contributed by atoms with E-state index in [2.05, 4.69) is 20.4 Å². The standard InChI is InChI=1S/C31H31F5N4OS/c1-30(2,31(34,35)36)25-14-18(33)4-9-22(25)29-27(23-10-11-26-24(15-37-39-26)28(23)42-29)41-21-7-5-19(6-8-21)38-20-16-40(17-20)13-3-12-32/h4-5,7,9-11,14-15,20,38H,3,6,8,12-13,16-17H2,1-2H3,(H,37,39). The molecule has 1 aliphatic heterocycles. The van der Waals surface area contributed by atoms with Gasteiger partial charge < -0.3 is 10.1 Å². The van der Waals surface area contributed by atoms with E-state index in [1.54, 1.807) is 6.20 Å². The zero-order valence-electron chi connectivity index (χ0n) is 23.2. The van der Waals surface area contributed by atoms with E-state index in [1.165, 1.54) is 23.5 Å². The first-order chi connectivity index (χ1) is 20.0. The molecule has 1 aliphatic carbocycles. The molecule has 0 bridgehead atoms. The third kappa shape index (κ3) is 5.28. The number of H-pyrrole nitrogens is 1. The summed E-state index contributed by atoms with van der Waals surface area (Å²) in [6.07, 6.45) is 2.83. The first-order valence-electron chi connectivity index (χ1n) is 13.9. The van der Waals surface area contributed by atoms with Crippen LogP contribution in [0, 0.1) is 5.82 Å². The highest BCUT2D eigenvalue weighted by Gasteiger charge is 2.50. The van der Waals surface area contributed by atoms with Gasteiger partial charge in [-0.3, -0.25) is 14.4 Å². The molecule has 222 valence electrons. The van der Waals surface area contributed by atoms with E-state index in [4.69, 9.17) is 4.74 Å². The summed E-state index contributed by atoms with van der Waals surface area (Å²) >= 11 is 1.31. The highest BCUT2D eigenvalue weighted by atomic mass is 32.1. The molecule has 2 aromatic carbocycles. The van der Waals surface area contributed by atoms with Crippen LogP contribution in [-0.2, 0) is 5.41 Å². The number of aromatic amines is 1. The van der Waals surface area contributed by atoms with Gasteiger partial charge in [-0.05, 0) is 74.2 Å². The second-order valence-electron chi connectivity index (χ2n) is 11.4. The minimum atomic E-state index is -4.60. The molecule has 2 N–H and O–H groups in total. The molecular formula is C31H31F5N4OS. The predicted molar refractivity (Wildman–Crippen MR) is 156 cm³/mol. The lowest BCUT2D eigenvalue weighted by Crippen LogP contribution is -2.57. The van der Waals surface area contributed by atoms with Crippen molar-refractivity contribution in [3.05, 3.63) is 71.5 Å². The summed E-state index contributed by atoms with van der Waals surface area (Å²) in [6, 6.07) is 7.64. The van der Waals surface area contributed by atoms with Crippen molar-refractivity contribution in [1.82, 2.24) is 20.4 Å². The molecule has 5 nitrogen and oxygen atoms in total. The number of thiophene rings is 1. The van der Waals surface area contributed by atoms with Crippen LogP contribution in [-0.4, -0.2) is 53.6 Å². The Labute approximate surface area is 244 Å². The van der Waals surface area contributed by atoms with Crippen molar-refractivity contribution >= 4 is 32.3 Å². The lowest BCUT2D eigenvalue weighted by molar-refractivity contribution is -0.180. The molecule has 0 spiro atoms. The second-order valence-corrected chi connectivity index (χ2v) is 12.4. The molecule has 2 aromatic heterocycles. The van der Waals surface area contributed by atoms with Crippen LogP contribution < -0.4 is 10.1 Å². The summed E-state index contributed by atoms with van der Waals surface area (Å²) in [5.41, 5.74) is -0.297. The summed E-state index contributed by atoms with van der Waals surface area (Å²) in [4.78, 5) is 2.72. The third-order valence-corrected chi connectivity index (χ3v) is 9.39. The fourth-order valence-electron chi connectivity index (χ4n) is 5.56. The summed E-state index contributed by atoms with van der Waals surface area (Å²) in [7, 11) is 0. The number of alkyl halides is 4. The van der Waals surface area contributed by atoms with E-state index in [1.807, 2.05) is 24.3 Å². The molecule has 3 heterocycles. The monoisotopic (exact) mass is 602 g/mol. The predicted octanol–water partition coefficient (Wildman–Crippen LogP) is 8.00. The minimum Gasteiger partial charge on any atom is -0.460 e. The van der Waals surface area contributed by atoms with Gasteiger partial charge in [0.25, 0.3) is 0 Å². The van der Waals surface area contributed by atoms with Gasteiger partial charge in [0.05, 0.1) is 34.7 Å². The van der Waals surface area contributed by atoms with Gasteiger partial charge in [0.2, 0.25) is 0 Å².